The van der Waals surface area contributed by atoms with Crippen molar-refractivity contribution in [3.8, 4) is 0 Å². The monoisotopic (exact) mass is 252 g/mol. The highest BCUT2D eigenvalue weighted by molar-refractivity contribution is 5.88. The third kappa shape index (κ3) is 4.24. The summed E-state index contributed by atoms with van der Waals surface area (Å²) in [7, 11) is 0. The standard InChI is InChI=1S/C13H20N2O3/c1-3-5-8-14-12(16)10-15-9-6-7-11(15)13(17)18-4-2/h6-7,9H,3-5,8,10H2,1-2H3,(H,14,16). The zero-order valence-corrected chi connectivity index (χ0v) is 10.9. The SMILES string of the molecule is CCCCNC(=O)Cn1cccc1C(=O)OCC. The Balaban J connectivity index is 2.54. The molecule has 1 N–H and O–H groups in total. The Hall–Kier alpha value is -1.78. The molecule has 1 aromatic rings. The lowest BCUT2D eigenvalue weighted by molar-refractivity contribution is -0.121. The van der Waals surface area contributed by atoms with Gasteiger partial charge in [0.05, 0.1) is 6.61 Å². The Bertz CT molecular complexity index is 399. The number of carbonyl (C=O) groups excluding carboxylic acids is 2. The average Bonchev–Trinajstić information content (AvgIpc) is 2.78. The summed E-state index contributed by atoms with van der Waals surface area (Å²) in [4.78, 5) is 23.2. The summed E-state index contributed by atoms with van der Waals surface area (Å²) in [6.45, 7) is 4.96. The second-order valence-electron chi connectivity index (χ2n) is 3.95. The molecule has 0 aromatic carbocycles. The van der Waals surface area contributed by atoms with E-state index in [-0.39, 0.29) is 12.5 Å². The van der Waals surface area contributed by atoms with Crippen LogP contribution in [0.3, 0.4) is 0 Å². The van der Waals surface area contributed by atoms with Crippen molar-refractivity contribution in [1.82, 2.24) is 9.88 Å². The van der Waals surface area contributed by atoms with E-state index in [1.165, 1.54) is 0 Å². The van der Waals surface area contributed by atoms with Gasteiger partial charge in [-0.1, -0.05) is 13.3 Å². The van der Waals surface area contributed by atoms with Crippen molar-refractivity contribution < 1.29 is 14.3 Å². The maximum atomic E-state index is 11.6. The van der Waals surface area contributed by atoms with Crippen molar-refractivity contribution in [1.29, 1.82) is 0 Å². The molecular formula is C13H20N2O3. The number of rotatable bonds is 7. The summed E-state index contributed by atoms with van der Waals surface area (Å²) >= 11 is 0. The van der Waals surface area contributed by atoms with Gasteiger partial charge in [0.2, 0.25) is 5.91 Å². The number of esters is 1. The van der Waals surface area contributed by atoms with E-state index < -0.39 is 5.97 Å². The van der Waals surface area contributed by atoms with Crippen LogP contribution in [0.1, 0.15) is 37.2 Å². The Labute approximate surface area is 107 Å². The number of hydrogen-bond acceptors (Lipinski definition) is 3. The molecule has 0 bridgehead atoms. The van der Waals surface area contributed by atoms with Gasteiger partial charge < -0.3 is 14.6 Å². The molecule has 0 saturated heterocycles. The van der Waals surface area contributed by atoms with E-state index in [1.54, 1.807) is 29.8 Å². The quantitative estimate of drug-likeness (QED) is 0.592. The Morgan fingerprint density at radius 2 is 2.17 bits per heavy atom. The fourth-order valence-electron chi connectivity index (χ4n) is 1.56. The number of carbonyl (C=O) groups is 2. The first-order valence-electron chi connectivity index (χ1n) is 6.28. The van der Waals surface area contributed by atoms with Crippen LogP contribution in [-0.4, -0.2) is 29.6 Å². The first-order valence-corrected chi connectivity index (χ1v) is 6.28. The van der Waals surface area contributed by atoms with Crippen molar-refractivity contribution in [2.75, 3.05) is 13.2 Å². The predicted octanol–water partition coefficient (Wildman–Crippen LogP) is 1.58. The smallest absolute Gasteiger partial charge is 0.354 e. The molecule has 0 aliphatic rings. The van der Waals surface area contributed by atoms with Gasteiger partial charge in [-0.15, -0.1) is 0 Å². The number of hydrogen-bond donors (Lipinski definition) is 1. The summed E-state index contributed by atoms with van der Waals surface area (Å²) in [5, 5.41) is 2.81. The lowest BCUT2D eigenvalue weighted by Crippen LogP contribution is -2.29. The van der Waals surface area contributed by atoms with Crippen LogP contribution in [0, 0.1) is 0 Å². The van der Waals surface area contributed by atoms with E-state index >= 15 is 0 Å². The van der Waals surface area contributed by atoms with Gasteiger partial charge in [-0.05, 0) is 25.5 Å². The highest BCUT2D eigenvalue weighted by atomic mass is 16.5. The largest absolute Gasteiger partial charge is 0.461 e. The minimum atomic E-state index is -0.399. The molecule has 1 heterocycles. The van der Waals surface area contributed by atoms with Crippen molar-refractivity contribution in [3.05, 3.63) is 24.0 Å². The van der Waals surface area contributed by atoms with Gasteiger partial charge in [0.15, 0.2) is 0 Å². The zero-order valence-electron chi connectivity index (χ0n) is 10.9. The predicted molar refractivity (Wildman–Crippen MR) is 68.3 cm³/mol. The van der Waals surface area contributed by atoms with Crippen LogP contribution in [0.25, 0.3) is 0 Å². The third-order valence-corrected chi connectivity index (χ3v) is 2.48. The number of nitrogens with one attached hydrogen (secondary N) is 1. The highest BCUT2D eigenvalue weighted by Gasteiger charge is 2.13. The second kappa shape index (κ2) is 7.53. The van der Waals surface area contributed by atoms with Crippen LogP contribution in [0.4, 0.5) is 0 Å². The first kappa shape index (κ1) is 14.3. The van der Waals surface area contributed by atoms with Crippen molar-refractivity contribution >= 4 is 11.9 Å². The maximum Gasteiger partial charge on any atom is 0.354 e. The molecule has 0 spiro atoms. The van der Waals surface area contributed by atoms with Gasteiger partial charge in [0.25, 0.3) is 0 Å². The van der Waals surface area contributed by atoms with Gasteiger partial charge in [-0.2, -0.15) is 0 Å². The minimum absolute atomic E-state index is 0.0924. The van der Waals surface area contributed by atoms with Crippen LogP contribution in [0.2, 0.25) is 0 Å². The number of ether oxygens (including phenoxy) is 1. The number of amides is 1. The molecule has 1 rings (SSSR count). The van der Waals surface area contributed by atoms with Gasteiger partial charge in [-0.25, -0.2) is 4.79 Å². The van der Waals surface area contributed by atoms with Crippen LogP contribution in [0.15, 0.2) is 18.3 Å². The Morgan fingerprint density at radius 1 is 1.39 bits per heavy atom. The minimum Gasteiger partial charge on any atom is -0.461 e. The van der Waals surface area contributed by atoms with Gasteiger partial charge in [0, 0.05) is 12.7 Å². The van der Waals surface area contributed by atoms with Crippen LogP contribution < -0.4 is 5.32 Å². The van der Waals surface area contributed by atoms with Gasteiger partial charge in [-0.3, -0.25) is 4.79 Å². The number of nitrogens with zero attached hydrogens (tertiary/aromatic N) is 1. The summed E-state index contributed by atoms with van der Waals surface area (Å²) in [5.41, 5.74) is 0.405. The van der Waals surface area contributed by atoms with Crippen LogP contribution >= 0.6 is 0 Å². The van der Waals surface area contributed by atoms with E-state index in [0.717, 1.165) is 12.8 Å². The lowest BCUT2D eigenvalue weighted by atomic mass is 10.3. The molecule has 0 fully saturated rings. The van der Waals surface area contributed by atoms with Crippen molar-refractivity contribution in [3.63, 3.8) is 0 Å². The van der Waals surface area contributed by atoms with Gasteiger partial charge >= 0.3 is 5.97 Å². The van der Waals surface area contributed by atoms with E-state index in [4.69, 9.17) is 4.74 Å². The molecular weight excluding hydrogens is 232 g/mol. The molecule has 5 heteroatoms. The topological polar surface area (TPSA) is 60.3 Å². The van der Waals surface area contributed by atoms with Crippen LogP contribution in [0.5, 0.6) is 0 Å². The number of aromatic nitrogens is 1. The van der Waals surface area contributed by atoms with Crippen molar-refractivity contribution in [2.45, 2.75) is 33.2 Å². The molecule has 0 saturated carbocycles. The number of unbranched alkanes of at least 4 members (excludes halogenated alkanes) is 1. The molecule has 100 valence electrons. The fourth-order valence-corrected chi connectivity index (χ4v) is 1.56. The molecule has 0 radical (unpaired) electrons. The summed E-state index contributed by atoms with van der Waals surface area (Å²) < 4.78 is 6.51. The van der Waals surface area contributed by atoms with E-state index in [2.05, 4.69) is 12.2 Å². The van der Waals surface area contributed by atoms with Gasteiger partial charge in [0.1, 0.15) is 12.2 Å². The zero-order chi connectivity index (χ0) is 13.4. The molecule has 18 heavy (non-hydrogen) atoms. The maximum absolute atomic E-state index is 11.6. The van der Waals surface area contributed by atoms with E-state index in [1.807, 2.05) is 0 Å². The molecule has 0 aliphatic carbocycles. The molecule has 0 aliphatic heterocycles. The normalized spacial score (nSPS) is 10.1. The summed E-state index contributed by atoms with van der Waals surface area (Å²) in [5.74, 6) is -0.492. The Kier molecular flexibility index (Phi) is 5.97. The molecule has 1 amide bonds. The van der Waals surface area contributed by atoms with Crippen molar-refractivity contribution in [2.24, 2.45) is 0 Å². The molecule has 0 unspecified atom stereocenters. The third-order valence-electron chi connectivity index (χ3n) is 2.48. The average molecular weight is 252 g/mol. The fraction of sp³-hybridized carbons (Fsp3) is 0.538. The first-order chi connectivity index (χ1) is 8.69. The summed E-state index contributed by atoms with van der Waals surface area (Å²) in [6.07, 6.45) is 3.70. The second-order valence-corrected chi connectivity index (χ2v) is 3.95. The molecule has 5 nitrogen and oxygen atoms in total. The van der Waals surface area contributed by atoms with Crippen LogP contribution in [-0.2, 0) is 16.1 Å². The molecule has 0 atom stereocenters. The Morgan fingerprint density at radius 3 is 2.83 bits per heavy atom. The van der Waals surface area contributed by atoms with E-state index in [9.17, 15) is 9.59 Å². The molecule has 1 aromatic heterocycles. The highest BCUT2D eigenvalue weighted by Crippen LogP contribution is 2.04. The van der Waals surface area contributed by atoms with E-state index in [0.29, 0.717) is 18.8 Å². The summed E-state index contributed by atoms with van der Waals surface area (Å²) in [6, 6.07) is 3.38. The lowest BCUT2D eigenvalue weighted by Gasteiger charge is -2.09.